The second kappa shape index (κ2) is 4.43. The van der Waals surface area contributed by atoms with Gasteiger partial charge in [-0.3, -0.25) is 0 Å². The normalized spacial score (nSPS) is 12.5. The molecule has 4 nitrogen and oxygen atoms in total. The molecule has 0 saturated carbocycles. The fraction of sp³-hybridized carbons (Fsp3) is 0.154. The molecule has 88 valence electrons. The second-order valence-corrected chi connectivity index (χ2v) is 3.99. The number of carboxylic acid groups (broad SMARTS) is 1. The van der Waals surface area contributed by atoms with Gasteiger partial charge in [0.1, 0.15) is 11.8 Å². The second-order valence-electron chi connectivity index (χ2n) is 3.99. The Morgan fingerprint density at radius 2 is 2.00 bits per heavy atom. The molecule has 4 N–H and O–H groups in total. The van der Waals surface area contributed by atoms with Crippen LogP contribution in [-0.4, -0.2) is 11.1 Å². The summed E-state index contributed by atoms with van der Waals surface area (Å²) in [6.07, 6.45) is -0.207. The van der Waals surface area contributed by atoms with E-state index in [-0.39, 0.29) is 12.2 Å². The molecule has 0 spiro atoms. The number of rotatable bonds is 3. The minimum Gasteiger partial charge on any atom is -0.550 e. The number of hydrogen-bond donors (Lipinski definition) is 2. The maximum absolute atomic E-state index is 10.6. The number of phenols is 1. The van der Waals surface area contributed by atoms with Crippen LogP contribution in [0.5, 0.6) is 5.75 Å². The summed E-state index contributed by atoms with van der Waals surface area (Å²) in [5, 5.41) is 22.2. The molecule has 0 aliphatic rings. The Kier molecular flexibility index (Phi) is 2.97. The predicted octanol–water partition coefficient (Wildman–Crippen LogP) is -0.0316. The summed E-state index contributed by atoms with van der Waals surface area (Å²) >= 11 is 0. The Balaban J connectivity index is 2.58. The highest BCUT2D eigenvalue weighted by Gasteiger charge is 2.17. The van der Waals surface area contributed by atoms with Crippen LogP contribution in [0.2, 0.25) is 0 Å². The minimum atomic E-state index is -1.17. The first-order valence-corrected chi connectivity index (χ1v) is 5.33. The molecule has 0 amide bonds. The van der Waals surface area contributed by atoms with E-state index in [4.69, 9.17) is 0 Å². The van der Waals surface area contributed by atoms with E-state index in [0.29, 0.717) is 5.56 Å². The van der Waals surface area contributed by atoms with Crippen LogP contribution in [0.25, 0.3) is 10.8 Å². The van der Waals surface area contributed by atoms with Crippen molar-refractivity contribution in [1.29, 1.82) is 0 Å². The monoisotopic (exact) mass is 231 g/mol. The van der Waals surface area contributed by atoms with E-state index >= 15 is 0 Å². The highest BCUT2D eigenvalue weighted by molar-refractivity contribution is 5.88. The third-order valence-electron chi connectivity index (χ3n) is 2.77. The zero-order valence-corrected chi connectivity index (χ0v) is 9.22. The van der Waals surface area contributed by atoms with E-state index < -0.39 is 12.0 Å². The van der Waals surface area contributed by atoms with Crippen LogP contribution in [0, 0.1) is 0 Å². The zero-order valence-electron chi connectivity index (χ0n) is 9.22. The van der Waals surface area contributed by atoms with Gasteiger partial charge in [0.25, 0.3) is 0 Å². The molecule has 0 aliphatic heterocycles. The van der Waals surface area contributed by atoms with Crippen molar-refractivity contribution in [2.75, 3.05) is 0 Å². The highest BCUT2D eigenvalue weighted by atomic mass is 16.4. The summed E-state index contributed by atoms with van der Waals surface area (Å²) in [7, 11) is 0. The predicted molar refractivity (Wildman–Crippen MR) is 60.9 cm³/mol. The summed E-state index contributed by atoms with van der Waals surface area (Å²) in [6, 6.07) is 10.3. The van der Waals surface area contributed by atoms with Crippen molar-refractivity contribution in [1.82, 2.24) is 0 Å². The Bertz CT molecular complexity index is 566. The number of carboxylic acids is 1. The summed E-state index contributed by atoms with van der Waals surface area (Å²) in [5.74, 6) is -1.10. The van der Waals surface area contributed by atoms with E-state index in [0.717, 1.165) is 10.8 Å². The Labute approximate surface area is 98.3 Å². The van der Waals surface area contributed by atoms with Gasteiger partial charge in [-0.2, -0.15) is 0 Å². The molecule has 0 heterocycles. The molecule has 0 fully saturated rings. The number of hydrogen-bond acceptors (Lipinski definition) is 3. The van der Waals surface area contributed by atoms with Gasteiger partial charge in [-0.15, -0.1) is 0 Å². The van der Waals surface area contributed by atoms with Gasteiger partial charge in [0.2, 0.25) is 0 Å². The number of aromatic hydroxyl groups is 1. The first kappa shape index (κ1) is 11.4. The van der Waals surface area contributed by atoms with Gasteiger partial charge in [-0.25, -0.2) is 0 Å². The molecule has 0 aliphatic carbocycles. The van der Waals surface area contributed by atoms with Crippen molar-refractivity contribution in [2.24, 2.45) is 0 Å². The van der Waals surface area contributed by atoms with Gasteiger partial charge in [0.15, 0.2) is 0 Å². The molecule has 2 rings (SSSR count). The lowest BCUT2D eigenvalue weighted by Gasteiger charge is -2.14. The molecule has 2 aromatic rings. The lowest BCUT2D eigenvalue weighted by atomic mass is 9.96. The number of carbonyl (C=O) groups is 1. The van der Waals surface area contributed by atoms with Gasteiger partial charge >= 0.3 is 0 Å². The van der Waals surface area contributed by atoms with Gasteiger partial charge in [-0.1, -0.05) is 30.3 Å². The van der Waals surface area contributed by atoms with Crippen molar-refractivity contribution in [2.45, 2.75) is 12.5 Å². The van der Waals surface area contributed by atoms with Crippen molar-refractivity contribution in [3.63, 3.8) is 0 Å². The third-order valence-corrected chi connectivity index (χ3v) is 2.77. The maximum Gasteiger partial charge on any atom is 0.125 e. The minimum absolute atomic E-state index is 0.0740. The molecule has 2 aromatic carbocycles. The number of quaternary nitrogens is 1. The summed E-state index contributed by atoms with van der Waals surface area (Å²) < 4.78 is 0. The largest absolute Gasteiger partial charge is 0.550 e. The number of aliphatic carboxylic acids is 1. The van der Waals surface area contributed by atoms with Crippen LogP contribution in [0.1, 0.15) is 18.0 Å². The third kappa shape index (κ3) is 2.21. The van der Waals surface area contributed by atoms with Gasteiger partial charge in [0, 0.05) is 12.4 Å². The fourth-order valence-corrected chi connectivity index (χ4v) is 2.02. The Hall–Kier alpha value is -2.07. The van der Waals surface area contributed by atoms with E-state index in [1.54, 1.807) is 12.1 Å². The van der Waals surface area contributed by atoms with Crippen LogP contribution in [0.3, 0.4) is 0 Å². The van der Waals surface area contributed by atoms with E-state index in [2.05, 4.69) is 5.73 Å². The average Bonchev–Trinajstić information content (AvgIpc) is 2.27. The zero-order chi connectivity index (χ0) is 12.4. The maximum atomic E-state index is 10.6. The van der Waals surface area contributed by atoms with Crippen molar-refractivity contribution < 1.29 is 20.7 Å². The summed E-state index contributed by atoms with van der Waals surface area (Å²) in [4.78, 5) is 10.6. The highest BCUT2D eigenvalue weighted by Crippen LogP contribution is 2.31. The van der Waals surface area contributed by atoms with Crippen LogP contribution in [0.4, 0.5) is 0 Å². The molecule has 0 unspecified atom stereocenters. The SMILES string of the molecule is [NH3+][C@H](CC(=O)[O-])c1c(O)ccc2ccccc12. The molecule has 0 radical (unpaired) electrons. The van der Waals surface area contributed by atoms with Crippen LogP contribution in [-0.2, 0) is 4.79 Å². The standard InChI is InChI=1S/C13H13NO3/c14-10(7-12(16)17)13-9-4-2-1-3-8(9)5-6-11(13)15/h1-6,10,15H,7,14H2,(H,16,17)/t10-/m1/s1. The Morgan fingerprint density at radius 3 is 2.71 bits per heavy atom. The molecular formula is C13H13NO3. The quantitative estimate of drug-likeness (QED) is 0.777. The lowest BCUT2D eigenvalue weighted by Crippen LogP contribution is -2.55. The number of phenolic OH excluding ortho intramolecular Hbond substituents is 1. The van der Waals surface area contributed by atoms with E-state index in [9.17, 15) is 15.0 Å². The van der Waals surface area contributed by atoms with Crippen molar-refractivity contribution in [3.05, 3.63) is 42.0 Å². The number of benzene rings is 2. The summed E-state index contributed by atoms with van der Waals surface area (Å²) in [5.41, 5.74) is 4.34. The summed E-state index contributed by atoms with van der Waals surface area (Å²) in [6.45, 7) is 0. The Morgan fingerprint density at radius 1 is 1.29 bits per heavy atom. The molecular weight excluding hydrogens is 218 g/mol. The van der Waals surface area contributed by atoms with Crippen molar-refractivity contribution >= 4 is 16.7 Å². The smallest absolute Gasteiger partial charge is 0.125 e. The lowest BCUT2D eigenvalue weighted by molar-refractivity contribution is -0.430. The topological polar surface area (TPSA) is 88.0 Å². The average molecular weight is 231 g/mol. The fourth-order valence-electron chi connectivity index (χ4n) is 2.02. The van der Waals surface area contributed by atoms with Crippen molar-refractivity contribution in [3.8, 4) is 5.75 Å². The van der Waals surface area contributed by atoms with Gasteiger partial charge in [0.05, 0.1) is 5.56 Å². The molecule has 4 heteroatoms. The van der Waals surface area contributed by atoms with Gasteiger partial charge in [-0.05, 0) is 16.8 Å². The molecule has 0 aromatic heterocycles. The van der Waals surface area contributed by atoms with Gasteiger partial charge < -0.3 is 20.7 Å². The van der Waals surface area contributed by atoms with E-state index in [1.807, 2.05) is 24.3 Å². The number of carbonyl (C=O) groups excluding carboxylic acids is 1. The molecule has 1 atom stereocenters. The molecule has 17 heavy (non-hydrogen) atoms. The van der Waals surface area contributed by atoms with Crippen LogP contribution >= 0.6 is 0 Å². The number of fused-ring (bicyclic) bond motifs is 1. The first-order valence-electron chi connectivity index (χ1n) is 5.33. The molecule has 0 saturated heterocycles. The first-order chi connectivity index (χ1) is 8.09. The molecule has 0 bridgehead atoms. The van der Waals surface area contributed by atoms with Crippen LogP contribution < -0.4 is 10.8 Å². The van der Waals surface area contributed by atoms with E-state index in [1.165, 1.54) is 0 Å². The van der Waals surface area contributed by atoms with Crippen LogP contribution in [0.15, 0.2) is 36.4 Å².